The Kier molecular flexibility index (Phi) is 6.55. The summed E-state index contributed by atoms with van der Waals surface area (Å²) in [6, 6.07) is -1.27. The van der Waals surface area contributed by atoms with E-state index in [1.54, 1.807) is 41.5 Å². The Labute approximate surface area is 189 Å². The van der Waals surface area contributed by atoms with Gasteiger partial charge in [-0.05, 0) is 47.0 Å². The molecule has 0 saturated carbocycles. The van der Waals surface area contributed by atoms with Crippen LogP contribution in [0.3, 0.4) is 0 Å². The van der Waals surface area contributed by atoms with Gasteiger partial charge in [-0.1, -0.05) is 13.0 Å². The predicted molar refractivity (Wildman–Crippen MR) is 120 cm³/mol. The summed E-state index contributed by atoms with van der Waals surface area (Å²) in [6.07, 6.45) is 2.46. The zero-order chi connectivity index (χ0) is 23.3. The number of carbonyl (C=O) groups is 3. The van der Waals surface area contributed by atoms with Crippen LogP contribution in [0.15, 0.2) is 12.7 Å². The highest BCUT2D eigenvalue weighted by molar-refractivity contribution is 8.02. The van der Waals surface area contributed by atoms with Gasteiger partial charge in [0.05, 0.1) is 35.8 Å². The van der Waals surface area contributed by atoms with Gasteiger partial charge in [-0.15, -0.1) is 18.3 Å². The van der Waals surface area contributed by atoms with Crippen LogP contribution in [0.2, 0.25) is 0 Å². The number of aliphatic hydroxyl groups is 1. The van der Waals surface area contributed by atoms with E-state index < -0.39 is 34.2 Å². The zero-order valence-electron chi connectivity index (χ0n) is 19.5. The number of carbonyl (C=O) groups excluding carboxylic acids is 3. The SMILES string of the molecule is C=CCN(C(=O)C1N([C@H](C)CO)C(=O)[C@@H]2[C@@H](C(=O)OCC)[C@H]3CC(C)C12S3)C(C)(C)C. The van der Waals surface area contributed by atoms with Crippen LogP contribution in [0.1, 0.15) is 48.0 Å². The molecule has 1 N–H and O–H groups in total. The van der Waals surface area contributed by atoms with E-state index in [2.05, 4.69) is 13.5 Å². The van der Waals surface area contributed by atoms with Crippen molar-refractivity contribution in [1.82, 2.24) is 9.80 Å². The summed E-state index contributed by atoms with van der Waals surface area (Å²) in [7, 11) is 0. The summed E-state index contributed by atoms with van der Waals surface area (Å²) in [5.41, 5.74) is -0.470. The minimum atomic E-state index is -0.740. The fraction of sp³-hybridized carbons (Fsp3) is 0.783. The van der Waals surface area contributed by atoms with Gasteiger partial charge in [-0.3, -0.25) is 14.4 Å². The predicted octanol–water partition coefficient (Wildman–Crippen LogP) is 2.08. The van der Waals surface area contributed by atoms with Crippen LogP contribution in [0.25, 0.3) is 0 Å². The lowest BCUT2D eigenvalue weighted by Crippen LogP contribution is -2.61. The van der Waals surface area contributed by atoms with Crippen LogP contribution in [0.5, 0.6) is 0 Å². The van der Waals surface area contributed by atoms with Gasteiger partial charge in [0.2, 0.25) is 11.8 Å². The van der Waals surface area contributed by atoms with E-state index in [1.807, 2.05) is 20.8 Å². The van der Waals surface area contributed by atoms with Gasteiger partial charge in [0.1, 0.15) is 6.04 Å². The Hall–Kier alpha value is -1.54. The number of hydrogen-bond donors (Lipinski definition) is 1. The van der Waals surface area contributed by atoms with Crippen LogP contribution in [-0.2, 0) is 19.1 Å². The average Bonchev–Trinajstić information content (AvgIpc) is 3.28. The van der Waals surface area contributed by atoms with Crippen molar-refractivity contribution in [3.05, 3.63) is 12.7 Å². The molecule has 3 rings (SSSR count). The molecule has 7 nitrogen and oxygen atoms in total. The van der Waals surface area contributed by atoms with Crippen LogP contribution < -0.4 is 0 Å². The quantitative estimate of drug-likeness (QED) is 0.470. The van der Waals surface area contributed by atoms with Crippen LogP contribution >= 0.6 is 11.8 Å². The van der Waals surface area contributed by atoms with Crippen molar-refractivity contribution in [2.45, 2.75) is 75.6 Å². The van der Waals surface area contributed by atoms with Crippen LogP contribution in [-0.4, -0.2) is 80.1 Å². The first-order chi connectivity index (χ1) is 14.5. The van der Waals surface area contributed by atoms with Crippen molar-refractivity contribution in [3.8, 4) is 0 Å². The van der Waals surface area contributed by atoms with Crippen molar-refractivity contribution in [2.24, 2.45) is 17.8 Å². The highest BCUT2D eigenvalue weighted by Gasteiger charge is 2.77. The molecular formula is C23H36N2O5S. The number of ether oxygens (including phenoxy) is 1. The van der Waals surface area contributed by atoms with Gasteiger partial charge < -0.3 is 19.6 Å². The maximum absolute atomic E-state index is 14.1. The third-order valence-electron chi connectivity index (χ3n) is 7.10. The second-order valence-electron chi connectivity index (χ2n) is 9.99. The molecule has 3 unspecified atom stereocenters. The lowest BCUT2D eigenvalue weighted by molar-refractivity contribution is -0.154. The highest BCUT2D eigenvalue weighted by atomic mass is 32.2. The van der Waals surface area contributed by atoms with Gasteiger partial charge in [0, 0.05) is 17.3 Å². The van der Waals surface area contributed by atoms with E-state index in [0.717, 1.165) is 6.42 Å². The molecule has 2 bridgehead atoms. The third-order valence-corrected chi connectivity index (χ3v) is 9.18. The fourth-order valence-electron chi connectivity index (χ4n) is 5.78. The molecule has 0 radical (unpaired) electrons. The van der Waals surface area contributed by atoms with E-state index in [9.17, 15) is 19.5 Å². The Bertz CT molecular complexity index is 766. The van der Waals surface area contributed by atoms with Crippen LogP contribution in [0, 0.1) is 17.8 Å². The maximum atomic E-state index is 14.1. The van der Waals surface area contributed by atoms with Crippen molar-refractivity contribution < 1.29 is 24.2 Å². The molecule has 3 aliphatic heterocycles. The number of esters is 1. The molecule has 3 fully saturated rings. The lowest BCUT2D eigenvalue weighted by Gasteiger charge is -2.44. The summed E-state index contributed by atoms with van der Waals surface area (Å²) < 4.78 is 4.64. The normalized spacial score (nSPS) is 35.1. The molecule has 2 amide bonds. The number of thioether (sulfide) groups is 1. The molecule has 8 heteroatoms. The summed E-state index contributed by atoms with van der Waals surface area (Å²) in [5, 5.41) is 9.90. The largest absolute Gasteiger partial charge is 0.466 e. The summed E-state index contributed by atoms with van der Waals surface area (Å²) in [6.45, 7) is 15.7. The summed E-state index contributed by atoms with van der Waals surface area (Å²) in [4.78, 5) is 44.1. The second kappa shape index (κ2) is 8.43. The van der Waals surface area contributed by atoms with E-state index in [1.165, 1.54) is 0 Å². The standard InChI is InChI=1S/C23H36N2O5S/c1-8-10-24(22(5,6)7)20(28)18-23-13(3)11-15(31-23)16(21(29)30-9-2)17(23)19(27)25(18)14(4)12-26/h8,13-18,26H,1,9-12H2,2-7H3/t13?,14-,15-,16+,17+,18?,23?/m1/s1. The fourth-order valence-corrected chi connectivity index (χ4v) is 8.17. The number of rotatable bonds is 7. The summed E-state index contributed by atoms with van der Waals surface area (Å²) in [5.74, 6) is -1.80. The molecule has 3 aliphatic rings. The molecule has 7 atom stereocenters. The number of hydrogen-bond acceptors (Lipinski definition) is 6. The zero-order valence-corrected chi connectivity index (χ0v) is 20.3. The second-order valence-corrected chi connectivity index (χ2v) is 11.5. The molecule has 31 heavy (non-hydrogen) atoms. The van der Waals surface area contributed by atoms with Gasteiger partial charge in [0.25, 0.3) is 0 Å². The minimum absolute atomic E-state index is 0.0348. The molecule has 1 spiro atoms. The first-order valence-electron chi connectivity index (χ1n) is 11.2. The average molecular weight is 453 g/mol. The van der Waals surface area contributed by atoms with E-state index in [4.69, 9.17) is 4.74 Å². The lowest BCUT2D eigenvalue weighted by atomic mass is 9.66. The number of fused-ring (bicyclic) bond motifs is 1. The molecule has 0 aromatic heterocycles. The van der Waals surface area contributed by atoms with Crippen molar-refractivity contribution in [2.75, 3.05) is 19.8 Å². The van der Waals surface area contributed by atoms with E-state index >= 15 is 0 Å². The van der Waals surface area contributed by atoms with Gasteiger partial charge in [-0.25, -0.2) is 0 Å². The molecule has 0 aromatic rings. The maximum Gasteiger partial charge on any atom is 0.310 e. The molecule has 0 aliphatic carbocycles. The topological polar surface area (TPSA) is 87.2 Å². The van der Waals surface area contributed by atoms with Gasteiger partial charge in [-0.2, -0.15) is 0 Å². The molecular weight excluding hydrogens is 416 g/mol. The molecule has 3 heterocycles. The number of amides is 2. The summed E-state index contributed by atoms with van der Waals surface area (Å²) >= 11 is 1.62. The number of likely N-dealkylation sites (tertiary alicyclic amines) is 1. The highest BCUT2D eigenvalue weighted by Crippen LogP contribution is 2.69. The van der Waals surface area contributed by atoms with E-state index in [-0.39, 0.29) is 42.2 Å². The monoisotopic (exact) mass is 452 g/mol. The molecule has 174 valence electrons. The Morgan fingerprint density at radius 3 is 2.61 bits per heavy atom. The van der Waals surface area contributed by atoms with Gasteiger partial charge in [0.15, 0.2) is 0 Å². The van der Waals surface area contributed by atoms with Crippen molar-refractivity contribution in [3.63, 3.8) is 0 Å². The van der Waals surface area contributed by atoms with Crippen molar-refractivity contribution in [1.29, 1.82) is 0 Å². The minimum Gasteiger partial charge on any atom is -0.466 e. The van der Waals surface area contributed by atoms with Crippen molar-refractivity contribution >= 4 is 29.5 Å². The number of aliphatic hydroxyl groups excluding tert-OH is 1. The number of nitrogens with zero attached hydrogens (tertiary/aromatic N) is 2. The third kappa shape index (κ3) is 3.50. The van der Waals surface area contributed by atoms with Gasteiger partial charge >= 0.3 is 5.97 Å². The van der Waals surface area contributed by atoms with E-state index in [0.29, 0.717) is 6.54 Å². The van der Waals surface area contributed by atoms with Crippen LogP contribution in [0.4, 0.5) is 0 Å². The molecule has 0 aromatic carbocycles. The first kappa shape index (κ1) is 24.1. The Balaban J connectivity index is 2.14. The Morgan fingerprint density at radius 1 is 1.45 bits per heavy atom. The smallest absolute Gasteiger partial charge is 0.310 e. The Morgan fingerprint density at radius 2 is 2.10 bits per heavy atom. The molecule has 3 saturated heterocycles. The first-order valence-corrected chi connectivity index (χ1v) is 12.0.